The third kappa shape index (κ3) is 1.71. The molecular formula is C9H12N5+. The minimum absolute atomic E-state index is 0.603. The zero-order valence-electron chi connectivity index (χ0n) is 8.15. The van der Waals surface area contributed by atoms with Crippen LogP contribution in [0.4, 0.5) is 5.95 Å². The van der Waals surface area contributed by atoms with Crippen molar-refractivity contribution in [2.75, 3.05) is 19.4 Å². The van der Waals surface area contributed by atoms with Crippen LogP contribution in [-0.2, 0) is 0 Å². The summed E-state index contributed by atoms with van der Waals surface area (Å²) in [5.41, 5.74) is 1.86. The normalized spacial score (nSPS) is 10.1. The molecule has 5 heteroatoms. The molecule has 2 N–H and O–H groups in total. The minimum Gasteiger partial charge on any atom is -0.359 e. The van der Waals surface area contributed by atoms with E-state index in [9.17, 15) is 0 Å². The van der Waals surface area contributed by atoms with Crippen molar-refractivity contribution in [2.45, 2.75) is 0 Å². The van der Waals surface area contributed by atoms with E-state index in [0.29, 0.717) is 5.95 Å². The molecule has 0 aliphatic rings. The van der Waals surface area contributed by atoms with E-state index >= 15 is 0 Å². The van der Waals surface area contributed by atoms with Gasteiger partial charge in [-0.25, -0.2) is 5.32 Å². The Morgan fingerprint density at radius 3 is 3.14 bits per heavy atom. The first-order valence-corrected chi connectivity index (χ1v) is 4.32. The van der Waals surface area contributed by atoms with Gasteiger partial charge in [-0.2, -0.15) is 9.97 Å². The fourth-order valence-corrected chi connectivity index (χ4v) is 1.10. The van der Waals surface area contributed by atoms with Crippen LogP contribution < -0.4 is 5.32 Å². The first-order chi connectivity index (χ1) is 6.75. The molecule has 5 nitrogen and oxygen atoms in total. The van der Waals surface area contributed by atoms with Crippen LogP contribution in [0.25, 0.3) is 11.0 Å². The lowest BCUT2D eigenvalue weighted by Crippen LogP contribution is -2.09. The zero-order valence-corrected chi connectivity index (χ0v) is 8.15. The van der Waals surface area contributed by atoms with Gasteiger partial charge in [-0.05, 0) is 6.07 Å². The zero-order chi connectivity index (χ0) is 9.97. The smallest absolute Gasteiger partial charge is 0.319 e. The third-order valence-electron chi connectivity index (χ3n) is 1.75. The van der Waals surface area contributed by atoms with E-state index in [1.54, 1.807) is 12.5 Å². The monoisotopic (exact) mass is 190 g/mol. The second kappa shape index (κ2) is 3.45. The number of nitrogens with zero attached hydrogens (tertiary/aromatic N) is 3. The van der Waals surface area contributed by atoms with Crippen molar-refractivity contribution >= 4 is 23.3 Å². The Bertz CT molecular complexity index is 467. The minimum atomic E-state index is 0.603. The van der Waals surface area contributed by atoms with Crippen LogP contribution in [0.15, 0.2) is 18.5 Å². The maximum Gasteiger partial charge on any atom is 0.319 e. The number of hydrogen-bond donors (Lipinski definition) is 2. The van der Waals surface area contributed by atoms with E-state index in [1.165, 1.54) is 0 Å². The first kappa shape index (κ1) is 8.68. The van der Waals surface area contributed by atoms with Crippen LogP contribution >= 0.6 is 0 Å². The molecule has 0 amide bonds. The van der Waals surface area contributed by atoms with E-state index in [-0.39, 0.29) is 0 Å². The molecule has 72 valence electrons. The van der Waals surface area contributed by atoms with Gasteiger partial charge in [0.05, 0.1) is 31.3 Å². The van der Waals surface area contributed by atoms with Crippen LogP contribution in [0.2, 0.25) is 0 Å². The molecule has 2 aromatic rings. The number of fused-ring (bicyclic) bond motifs is 1. The molecular weight excluding hydrogens is 178 g/mol. The standard InChI is InChI=1S/C9H11N5/c1-14(2)6-12-9-11-5-8-7(13-9)3-4-10-8/h3-6H,1-2H3,(H,10,11,13)/p+1. The van der Waals surface area contributed by atoms with E-state index < -0.39 is 0 Å². The van der Waals surface area contributed by atoms with Crippen molar-refractivity contribution in [3.05, 3.63) is 18.5 Å². The van der Waals surface area contributed by atoms with Crippen molar-refractivity contribution in [1.29, 1.82) is 0 Å². The number of anilines is 1. The van der Waals surface area contributed by atoms with Gasteiger partial charge in [-0.1, -0.05) is 0 Å². The van der Waals surface area contributed by atoms with Crippen molar-refractivity contribution < 1.29 is 4.58 Å². The topological polar surface area (TPSA) is 56.6 Å². The summed E-state index contributed by atoms with van der Waals surface area (Å²) in [6, 6.07) is 1.91. The summed E-state index contributed by atoms with van der Waals surface area (Å²) in [5, 5.41) is 2.99. The van der Waals surface area contributed by atoms with Gasteiger partial charge in [0.25, 0.3) is 0 Å². The summed E-state index contributed by atoms with van der Waals surface area (Å²) < 4.78 is 1.89. The molecule has 2 rings (SSSR count). The first-order valence-electron chi connectivity index (χ1n) is 4.32. The highest BCUT2D eigenvalue weighted by atomic mass is 15.1. The third-order valence-corrected chi connectivity index (χ3v) is 1.75. The van der Waals surface area contributed by atoms with Crippen LogP contribution in [-0.4, -0.2) is 40.0 Å². The summed E-state index contributed by atoms with van der Waals surface area (Å²) in [4.78, 5) is 11.5. The van der Waals surface area contributed by atoms with Gasteiger partial charge in [-0.15, -0.1) is 0 Å². The highest BCUT2D eigenvalue weighted by molar-refractivity contribution is 5.77. The van der Waals surface area contributed by atoms with Crippen LogP contribution in [0.5, 0.6) is 0 Å². The van der Waals surface area contributed by atoms with Gasteiger partial charge in [0, 0.05) is 6.20 Å². The predicted octanol–water partition coefficient (Wildman–Crippen LogP) is 0.670. The molecule has 0 fully saturated rings. The van der Waals surface area contributed by atoms with Crippen molar-refractivity contribution in [1.82, 2.24) is 15.0 Å². The van der Waals surface area contributed by atoms with Gasteiger partial charge in [-0.3, -0.25) is 4.58 Å². The van der Waals surface area contributed by atoms with Crippen molar-refractivity contribution in [2.24, 2.45) is 0 Å². The van der Waals surface area contributed by atoms with E-state index in [4.69, 9.17) is 0 Å². The molecule has 2 aromatic heterocycles. The fraction of sp³-hybridized carbons (Fsp3) is 0.222. The van der Waals surface area contributed by atoms with Crippen LogP contribution in [0.1, 0.15) is 0 Å². The van der Waals surface area contributed by atoms with Gasteiger partial charge < -0.3 is 4.98 Å². The number of nitrogens with one attached hydrogen (secondary N) is 2. The number of rotatable bonds is 2. The summed E-state index contributed by atoms with van der Waals surface area (Å²) in [6.45, 7) is 0. The quantitative estimate of drug-likeness (QED) is 0.416. The molecule has 0 spiro atoms. The Morgan fingerprint density at radius 2 is 2.36 bits per heavy atom. The molecule has 14 heavy (non-hydrogen) atoms. The number of aromatic nitrogens is 3. The molecule has 0 atom stereocenters. The Labute approximate surface area is 81.5 Å². The highest BCUT2D eigenvalue weighted by Crippen LogP contribution is 2.08. The van der Waals surface area contributed by atoms with Gasteiger partial charge in [0.1, 0.15) is 0 Å². The van der Waals surface area contributed by atoms with Crippen LogP contribution in [0.3, 0.4) is 0 Å². The van der Waals surface area contributed by atoms with E-state index in [2.05, 4.69) is 20.3 Å². The Hall–Kier alpha value is -1.91. The summed E-state index contributed by atoms with van der Waals surface area (Å²) in [7, 11) is 3.86. The van der Waals surface area contributed by atoms with E-state index in [0.717, 1.165) is 11.0 Å². The summed E-state index contributed by atoms with van der Waals surface area (Å²) >= 11 is 0. The second-order valence-electron chi connectivity index (χ2n) is 3.21. The summed E-state index contributed by atoms with van der Waals surface area (Å²) in [5.74, 6) is 0.603. The molecule has 0 saturated carbocycles. The molecule has 0 bridgehead atoms. The molecule has 0 saturated heterocycles. The lowest BCUT2D eigenvalue weighted by Gasteiger charge is -1.93. The second-order valence-corrected chi connectivity index (χ2v) is 3.21. The lowest BCUT2D eigenvalue weighted by atomic mass is 10.5. The molecule has 0 aromatic carbocycles. The Kier molecular flexibility index (Phi) is 2.14. The lowest BCUT2D eigenvalue weighted by molar-refractivity contribution is -0.459. The van der Waals surface area contributed by atoms with Gasteiger partial charge >= 0.3 is 5.95 Å². The fourth-order valence-electron chi connectivity index (χ4n) is 1.10. The van der Waals surface area contributed by atoms with E-state index in [1.807, 2.05) is 30.9 Å². The summed E-state index contributed by atoms with van der Waals surface area (Å²) in [6.07, 6.45) is 5.40. The molecule has 0 aliphatic heterocycles. The SMILES string of the molecule is C[N+](C)=CNc1ncc2[nH]ccc2n1. The van der Waals surface area contributed by atoms with Crippen molar-refractivity contribution in [3.8, 4) is 0 Å². The Morgan fingerprint density at radius 1 is 1.50 bits per heavy atom. The average Bonchev–Trinajstić information content (AvgIpc) is 2.61. The number of hydrogen-bond acceptors (Lipinski definition) is 2. The van der Waals surface area contributed by atoms with Crippen molar-refractivity contribution in [3.63, 3.8) is 0 Å². The molecule has 0 radical (unpaired) electrons. The average molecular weight is 190 g/mol. The largest absolute Gasteiger partial charge is 0.359 e. The van der Waals surface area contributed by atoms with Gasteiger partial charge in [0.2, 0.25) is 6.34 Å². The number of aromatic amines is 1. The number of H-pyrrole nitrogens is 1. The molecule has 2 heterocycles. The van der Waals surface area contributed by atoms with Gasteiger partial charge in [0.15, 0.2) is 0 Å². The highest BCUT2D eigenvalue weighted by Gasteiger charge is 2.01. The van der Waals surface area contributed by atoms with Crippen LogP contribution in [0, 0.1) is 0 Å². The molecule has 0 unspecified atom stereocenters. The predicted molar refractivity (Wildman–Crippen MR) is 55.7 cm³/mol. The maximum atomic E-state index is 4.30. The molecule has 0 aliphatic carbocycles. The Balaban J connectivity index is 2.30. The maximum absolute atomic E-state index is 4.30.